The molecule has 0 fully saturated rings. The monoisotopic (exact) mass is 510 g/mol. The fourth-order valence-electron chi connectivity index (χ4n) is 2.75. The average molecular weight is 510 g/mol. The van der Waals surface area contributed by atoms with E-state index in [2.05, 4.69) is 21.8 Å². The molecular formula is C20H20F6N4O5. The van der Waals surface area contributed by atoms with Crippen molar-refractivity contribution < 1.29 is 50.2 Å². The Morgan fingerprint density at radius 3 is 2.31 bits per heavy atom. The lowest BCUT2D eigenvalue weighted by Gasteiger charge is -2.20. The van der Waals surface area contributed by atoms with Crippen LogP contribution in [0.4, 0.5) is 36.8 Å². The summed E-state index contributed by atoms with van der Waals surface area (Å²) in [6.07, 6.45) is -10.6. The van der Waals surface area contributed by atoms with Crippen molar-refractivity contribution in [1.82, 2.24) is 15.2 Å². The van der Waals surface area contributed by atoms with Crippen molar-refractivity contribution in [2.24, 2.45) is 0 Å². The number of halogens is 6. The summed E-state index contributed by atoms with van der Waals surface area (Å²) in [4.78, 5) is 27.0. The van der Waals surface area contributed by atoms with Crippen molar-refractivity contribution in [3.05, 3.63) is 35.9 Å². The molecule has 192 valence electrons. The zero-order chi connectivity index (χ0) is 26.8. The molecule has 2 N–H and O–H groups in total. The molecule has 35 heavy (non-hydrogen) atoms. The Labute approximate surface area is 194 Å². The summed E-state index contributed by atoms with van der Waals surface area (Å²) in [5.41, 5.74) is -5.89. The SMILES string of the molecule is C=CCCC(c1nnc(-c2nc(C(=O)O)c(C(F)(F)F)cc2NC(=O)OC(C)(C)C)o1)C(F)(F)F. The molecule has 2 aromatic rings. The minimum atomic E-state index is -5.21. The number of nitrogens with zero attached hydrogens (tertiary/aromatic N) is 3. The molecule has 15 heteroatoms. The highest BCUT2D eigenvalue weighted by Crippen LogP contribution is 2.40. The van der Waals surface area contributed by atoms with Crippen molar-refractivity contribution in [2.45, 2.75) is 57.5 Å². The maximum Gasteiger partial charge on any atom is 0.418 e. The number of pyridine rings is 1. The van der Waals surface area contributed by atoms with Gasteiger partial charge in [0.25, 0.3) is 5.89 Å². The Balaban J connectivity index is 2.67. The van der Waals surface area contributed by atoms with Gasteiger partial charge < -0.3 is 14.3 Å². The van der Waals surface area contributed by atoms with Crippen LogP contribution in [0.25, 0.3) is 11.6 Å². The number of allylic oxidation sites excluding steroid dienone is 1. The summed E-state index contributed by atoms with van der Waals surface area (Å²) >= 11 is 0. The van der Waals surface area contributed by atoms with Gasteiger partial charge in [-0.2, -0.15) is 26.3 Å². The molecule has 9 nitrogen and oxygen atoms in total. The molecule has 0 aliphatic rings. The van der Waals surface area contributed by atoms with Crippen LogP contribution >= 0.6 is 0 Å². The van der Waals surface area contributed by atoms with Crippen molar-refractivity contribution in [3.63, 3.8) is 0 Å². The van der Waals surface area contributed by atoms with Crippen LogP contribution in [0.15, 0.2) is 23.1 Å². The summed E-state index contributed by atoms with van der Waals surface area (Å²) in [5, 5.41) is 17.9. The van der Waals surface area contributed by atoms with Crippen LogP contribution in [0, 0.1) is 0 Å². The highest BCUT2D eigenvalue weighted by atomic mass is 19.4. The minimum absolute atomic E-state index is 0.0744. The van der Waals surface area contributed by atoms with Crippen molar-refractivity contribution in [1.29, 1.82) is 0 Å². The first kappa shape index (κ1) is 27.6. The van der Waals surface area contributed by atoms with Crippen LogP contribution in [-0.2, 0) is 10.9 Å². The van der Waals surface area contributed by atoms with Crippen LogP contribution in [0.2, 0.25) is 0 Å². The van der Waals surface area contributed by atoms with E-state index in [0.29, 0.717) is 0 Å². The van der Waals surface area contributed by atoms with Crippen LogP contribution < -0.4 is 5.32 Å². The number of anilines is 1. The van der Waals surface area contributed by atoms with Crippen molar-refractivity contribution in [3.8, 4) is 11.6 Å². The van der Waals surface area contributed by atoms with E-state index in [1.54, 1.807) is 0 Å². The van der Waals surface area contributed by atoms with E-state index in [9.17, 15) is 41.0 Å². The van der Waals surface area contributed by atoms with E-state index in [1.807, 2.05) is 5.32 Å². The van der Waals surface area contributed by atoms with E-state index in [-0.39, 0.29) is 12.5 Å². The third kappa shape index (κ3) is 7.16. The van der Waals surface area contributed by atoms with E-state index in [1.165, 1.54) is 26.8 Å². The molecule has 0 saturated carbocycles. The first-order valence-corrected chi connectivity index (χ1v) is 9.81. The number of ether oxygens (including phenoxy) is 1. The molecule has 0 saturated heterocycles. The molecule has 1 unspecified atom stereocenters. The highest BCUT2D eigenvalue weighted by molar-refractivity contribution is 5.93. The topological polar surface area (TPSA) is 127 Å². The molecule has 2 rings (SSSR count). The summed E-state index contributed by atoms with van der Waals surface area (Å²) in [7, 11) is 0. The van der Waals surface area contributed by atoms with Gasteiger partial charge in [0.15, 0.2) is 11.4 Å². The van der Waals surface area contributed by atoms with E-state index in [0.717, 1.165) is 0 Å². The number of carbonyl (C=O) groups excluding carboxylic acids is 1. The molecule has 0 bridgehead atoms. The summed E-state index contributed by atoms with van der Waals surface area (Å²) in [6, 6.07) is 0.235. The molecule has 2 aromatic heterocycles. The fraction of sp³-hybridized carbons (Fsp3) is 0.450. The Hall–Kier alpha value is -3.65. The molecule has 2 heterocycles. The molecule has 1 amide bonds. The predicted octanol–water partition coefficient (Wildman–Crippen LogP) is 5.81. The summed E-state index contributed by atoms with van der Waals surface area (Å²) in [6.45, 7) is 7.73. The molecule has 1 atom stereocenters. The number of carboxylic acids is 1. The number of aromatic nitrogens is 3. The van der Waals surface area contributed by atoms with Gasteiger partial charge in [-0.05, 0) is 39.7 Å². The number of rotatable bonds is 7. The molecule has 0 radical (unpaired) electrons. The Morgan fingerprint density at radius 2 is 1.83 bits per heavy atom. The predicted molar refractivity (Wildman–Crippen MR) is 108 cm³/mol. The van der Waals surface area contributed by atoms with Crippen molar-refractivity contribution >= 4 is 17.7 Å². The van der Waals surface area contributed by atoms with Crippen LogP contribution in [-0.4, -0.2) is 44.1 Å². The van der Waals surface area contributed by atoms with Gasteiger partial charge in [0, 0.05) is 0 Å². The van der Waals surface area contributed by atoms with Gasteiger partial charge in [0.1, 0.15) is 11.5 Å². The normalized spacial score (nSPS) is 13.3. The number of carboxylic acid groups (broad SMARTS) is 1. The molecule has 0 aromatic carbocycles. The van der Waals surface area contributed by atoms with Gasteiger partial charge in [-0.1, -0.05) is 6.08 Å². The van der Waals surface area contributed by atoms with Crippen molar-refractivity contribution in [2.75, 3.05) is 5.32 Å². The number of hydrogen-bond donors (Lipinski definition) is 2. The second-order valence-electron chi connectivity index (χ2n) is 8.12. The standard InChI is InChI=1S/C20H20F6N4O5/c1-5-6-7-9(19(21,22)23)14-29-30-15(34-14)13-11(27-17(33)35-18(2,3)4)8-10(20(24,25)26)12(28-13)16(31)32/h5,8-9H,1,6-7H2,2-4H3,(H,27,33)(H,31,32). The number of hydrogen-bond acceptors (Lipinski definition) is 7. The van der Waals surface area contributed by atoms with Gasteiger partial charge in [-0.25, -0.2) is 14.6 Å². The zero-order valence-electron chi connectivity index (χ0n) is 18.5. The highest BCUT2D eigenvalue weighted by Gasteiger charge is 2.44. The summed E-state index contributed by atoms with van der Waals surface area (Å²) < 4.78 is 90.7. The minimum Gasteiger partial charge on any atom is -0.476 e. The first-order valence-electron chi connectivity index (χ1n) is 9.81. The number of carbonyl (C=O) groups is 2. The number of nitrogens with one attached hydrogen (secondary N) is 1. The molecule has 0 aliphatic carbocycles. The number of alkyl halides is 6. The lowest BCUT2D eigenvalue weighted by atomic mass is 10.0. The maximum atomic E-state index is 13.5. The van der Waals surface area contributed by atoms with E-state index in [4.69, 9.17) is 9.15 Å². The first-order chi connectivity index (χ1) is 15.9. The third-order valence-electron chi connectivity index (χ3n) is 4.16. The lowest BCUT2D eigenvalue weighted by Crippen LogP contribution is -2.28. The van der Waals surface area contributed by atoms with Gasteiger partial charge in [0.05, 0.1) is 11.3 Å². The zero-order valence-corrected chi connectivity index (χ0v) is 18.5. The van der Waals surface area contributed by atoms with Gasteiger partial charge in [0.2, 0.25) is 5.89 Å². The Morgan fingerprint density at radius 1 is 1.20 bits per heavy atom. The van der Waals surface area contributed by atoms with Crippen LogP contribution in [0.1, 0.15) is 61.5 Å². The fourth-order valence-corrected chi connectivity index (χ4v) is 2.75. The molecular weight excluding hydrogens is 490 g/mol. The number of amides is 1. The van der Waals surface area contributed by atoms with Gasteiger partial charge >= 0.3 is 24.4 Å². The number of aromatic carboxylic acids is 1. The Bertz CT molecular complexity index is 1100. The molecule has 0 spiro atoms. The average Bonchev–Trinajstić information content (AvgIpc) is 3.13. The van der Waals surface area contributed by atoms with Crippen LogP contribution in [0.3, 0.4) is 0 Å². The second kappa shape index (κ2) is 9.92. The largest absolute Gasteiger partial charge is 0.476 e. The van der Waals surface area contributed by atoms with E-state index < -0.39 is 76.8 Å². The van der Waals surface area contributed by atoms with Gasteiger partial charge in [-0.15, -0.1) is 16.8 Å². The smallest absolute Gasteiger partial charge is 0.418 e. The summed E-state index contributed by atoms with van der Waals surface area (Å²) in [5.74, 6) is -6.12. The quantitative estimate of drug-likeness (QED) is 0.353. The van der Waals surface area contributed by atoms with E-state index >= 15 is 0 Å². The second-order valence-corrected chi connectivity index (χ2v) is 8.12. The van der Waals surface area contributed by atoms with Gasteiger partial charge in [-0.3, -0.25) is 5.32 Å². The maximum absolute atomic E-state index is 13.5. The Kier molecular flexibility index (Phi) is 7.82. The third-order valence-corrected chi connectivity index (χ3v) is 4.16. The van der Waals surface area contributed by atoms with Crippen LogP contribution in [0.5, 0.6) is 0 Å². The lowest BCUT2D eigenvalue weighted by molar-refractivity contribution is -0.156. The molecule has 0 aliphatic heterocycles.